The van der Waals surface area contributed by atoms with Crippen LogP contribution in [0.3, 0.4) is 0 Å². The first-order valence-electron chi connectivity index (χ1n) is 28.7. The second-order valence-electron chi connectivity index (χ2n) is 21.0. The zero-order valence-electron chi connectivity index (χ0n) is 44.6. The van der Waals surface area contributed by atoms with E-state index in [4.69, 9.17) is 18.9 Å². The van der Waals surface area contributed by atoms with Gasteiger partial charge in [-0.2, -0.15) is 0 Å². The van der Waals surface area contributed by atoms with Crippen LogP contribution in [-0.4, -0.2) is 82.3 Å². The highest BCUT2D eigenvalue weighted by molar-refractivity contribution is 5.70. The van der Waals surface area contributed by atoms with Crippen LogP contribution in [0.2, 0.25) is 0 Å². The van der Waals surface area contributed by atoms with E-state index in [0.717, 1.165) is 38.5 Å². The Bertz CT molecular complexity index is 1050. The average Bonchev–Trinajstić information content (AvgIpc) is 3.28. The van der Waals surface area contributed by atoms with Crippen molar-refractivity contribution < 1.29 is 42.9 Å². The number of carboxylic acids is 1. The Labute approximate surface area is 409 Å². The third-order valence-corrected chi connectivity index (χ3v) is 13.1. The second-order valence-corrected chi connectivity index (χ2v) is 21.0. The average molecular weight is 939 g/mol. The molecule has 9 nitrogen and oxygen atoms in total. The van der Waals surface area contributed by atoms with Crippen molar-refractivity contribution in [3.05, 3.63) is 0 Å². The Morgan fingerprint density at radius 2 is 0.682 bits per heavy atom. The Morgan fingerprint density at radius 3 is 0.970 bits per heavy atom. The summed E-state index contributed by atoms with van der Waals surface area (Å²) in [5, 5.41) is 11.7. The lowest BCUT2D eigenvalue weighted by atomic mass is 10.0. The molecule has 0 aliphatic rings. The van der Waals surface area contributed by atoms with Crippen molar-refractivity contribution in [1.82, 2.24) is 0 Å². The van der Waals surface area contributed by atoms with Gasteiger partial charge < -0.3 is 33.3 Å². The molecule has 9 heteroatoms. The van der Waals surface area contributed by atoms with E-state index in [2.05, 4.69) is 13.8 Å². The minimum Gasteiger partial charge on any atom is -0.545 e. The van der Waals surface area contributed by atoms with Crippen molar-refractivity contribution in [1.29, 1.82) is 0 Å². The van der Waals surface area contributed by atoms with E-state index in [0.29, 0.717) is 17.4 Å². The fourth-order valence-electron chi connectivity index (χ4n) is 8.66. The summed E-state index contributed by atoms with van der Waals surface area (Å²) in [7, 11) is 5.93. The molecule has 0 spiro atoms. The van der Waals surface area contributed by atoms with Crippen LogP contribution in [0.15, 0.2) is 0 Å². The molecule has 0 aromatic carbocycles. The molecule has 2 atom stereocenters. The smallest absolute Gasteiger partial charge is 0.306 e. The van der Waals surface area contributed by atoms with E-state index >= 15 is 0 Å². The summed E-state index contributed by atoms with van der Waals surface area (Å²) in [6.07, 6.45) is 51.8. The van der Waals surface area contributed by atoms with Gasteiger partial charge in [0.1, 0.15) is 13.2 Å². The van der Waals surface area contributed by atoms with E-state index in [9.17, 15) is 19.5 Å². The van der Waals surface area contributed by atoms with Crippen LogP contribution < -0.4 is 5.11 Å². The number of hydrogen-bond acceptors (Lipinski definition) is 8. The number of carboxylic acid groups (broad SMARTS) is 1. The number of nitrogens with zero attached hydrogens (tertiary/aromatic N) is 1. The molecule has 0 bridgehead atoms. The van der Waals surface area contributed by atoms with E-state index in [1.807, 2.05) is 21.1 Å². The molecule has 0 fully saturated rings. The number of unbranched alkanes of at least 4 members (excludes halogenated alkanes) is 39. The molecule has 0 aliphatic carbocycles. The molecule has 0 saturated heterocycles. The first-order valence-corrected chi connectivity index (χ1v) is 28.7. The minimum atomic E-state index is -1.61. The summed E-state index contributed by atoms with van der Waals surface area (Å²) in [5.74, 6) is -2.26. The van der Waals surface area contributed by atoms with Crippen LogP contribution in [0.4, 0.5) is 0 Å². The Hall–Kier alpha value is -1.71. The fraction of sp³-hybridized carbons (Fsp3) is 0.947. The highest BCUT2D eigenvalue weighted by Crippen LogP contribution is 2.18. The summed E-state index contributed by atoms with van der Waals surface area (Å²) >= 11 is 0. The molecular formula is C57H111NO8. The van der Waals surface area contributed by atoms with Crippen LogP contribution in [0.25, 0.3) is 0 Å². The number of quaternary nitrogens is 1. The highest BCUT2D eigenvalue weighted by Gasteiger charge is 2.22. The van der Waals surface area contributed by atoms with Gasteiger partial charge in [-0.3, -0.25) is 9.59 Å². The Morgan fingerprint density at radius 1 is 0.394 bits per heavy atom. The normalized spacial score (nSPS) is 12.7. The van der Waals surface area contributed by atoms with Gasteiger partial charge in [-0.1, -0.05) is 264 Å². The van der Waals surface area contributed by atoms with Crippen molar-refractivity contribution in [2.24, 2.45) is 0 Å². The maximum absolute atomic E-state index is 12.8. The quantitative estimate of drug-likeness (QED) is 0.0257. The zero-order valence-corrected chi connectivity index (χ0v) is 44.6. The van der Waals surface area contributed by atoms with E-state index < -0.39 is 24.3 Å². The predicted octanol–water partition coefficient (Wildman–Crippen LogP) is 15.1. The van der Waals surface area contributed by atoms with Gasteiger partial charge in [0.05, 0.1) is 40.3 Å². The minimum absolute atomic E-state index is 0.153. The maximum atomic E-state index is 12.8. The van der Waals surface area contributed by atoms with Gasteiger partial charge in [0.15, 0.2) is 12.4 Å². The second kappa shape index (κ2) is 49.7. The number of likely N-dealkylation sites (N-methyl/N-ethyl adjacent to an activating group) is 1. The number of esters is 2. The van der Waals surface area contributed by atoms with Gasteiger partial charge in [0.25, 0.3) is 0 Å². The summed E-state index contributed by atoms with van der Waals surface area (Å²) in [5.41, 5.74) is 0. The summed E-state index contributed by atoms with van der Waals surface area (Å²) in [6.45, 7) is 4.78. The summed E-state index contributed by atoms with van der Waals surface area (Å²) < 4.78 is 22.6. The van der Waals surface area contributed by atoms with Crippen molar-refractivity contribution in [2.45, 2.75) is 302 Å². The molecule has 2 unspecified atom stereocenters. The molecule has 0 radical (unpaired) electrons. The van der Waals surface area contributed by atoms with Crippen LogP contribution in [0.1, 0.15) is 290 Å². The first kappa shape index (κ1) is 64.3. The van der Waals surface area contributed by atoms with E-state index in [1.54, 1.807) is 0 Å². The third-order valence-electron chi connectivity index (χ3n) is 13.1. The van der Waals surface area contributed by atoms with E-state index in [-0.39, 0.29) is 32.2 Å². The zero-order chi connectivity index (χ0) is 48.4. The lowest BCUT2D eigenvalue weighted by Gasteiger charge is -2.26. The van der Waals surface area contributed by atoms with Crippen LogP contribution in [-0.2, 0) is 33.3 Å². The molecular weight excluding hydrogens is 827 g/mol. The summed E-state index contributed by atoms with van der Waals surface area (Å²) in [4.78, 5) is 37.1. The predicted molar refractivity (Wildman–Crippen MR) is 274 cm³/mol. The third kappa shape index (κ3) is 50.2. The van der Waals surface area contributed by atoms with Crippen LogP contribution in [0, 0.1) is 0 Å². The number of rotatable bonds is 54. The number of ether oxygens (including phenoxy) is 4. The lowest BCUT2D eigenvalue weighted by molar-refractivity contribution is -0.870. The molecule has 392 valence electrons. The highest BCUT2D eigenvalue weighted by atomic mass is 16.7. The van der Waals surface area contributed by atoms with E-state index in [1.165, 1.54) is 225 Å². The molecule has 0 heterocycles. The molecule has 0 N–H and O–H groups in total. The van der Waals surface area contributed by atoms with Crippen molar-refractivity contribution >= 4 is 17.9 Å². The molecule has 0 rings (SSSR count). The van der Waals surface area contributed by atoms with Gasteiger partial charge in [0, 0.05) is 12.8 Å². The van der Waals surface area contributed by atoms with Crippen molar-refractivity contribution in [3.8, 4) is 0 Å². The van der Waals surface area contributed by atoms with Crippen molar-refractivity contribution in [3.63, 3.8) is 0 Å². The molecule has 0 aromatic rings. The number of hydrogen-bond donors (Lipinski definition) is 0. The van der Waals surface area contributed by atoms with Crippen LogP contribution >= 0.6 is 0 Å². The van der Waals surface area contributed by atoms with Gasteiger partial charge in [-0.25, -0.2) is 0 Å². The molecule has 0 aliphatic heterocycles. The number of carbonyl (C=O) groups excluding carboxylic acids is 3. The van der Waals surface area contributed by atoms with Gasteiger partial charge in [0.2, 0.25) is 0 Å². The maximum Gasteiger partial charge on any atom is 0.306 e. The molecule has 0 amide bonds. The molecule has 0 saturated carbocycles. The SMILES string of the molecule is CCCCCCCCCCCCCCCCCCCCCCCCCCCCCCCCCC(=O)OC(COC(=O)CCCCCCCCCCCC)COC(OCC[N+](C)(C)C)C(=O)[O-]. The fourth-order valence-corrected chi connectivity index (χ4v) is 8.66. The van der Waals surface area contributed by atoms with Crippen LogP contribution in [0.5, 0.6) is 0 Å². The van der Waals surface area contributed by atoms with Gasteiger partial charge in [-0.05, 0) is 12.8 Å². The Kier molecular flexibility index (Phi) is 48.4. The largest absolute Gasteiger partial charge is 0.545 e. The van der Waals surface area contributed by atoms with Gasteiger partial charge in [-0.15, -0.1) is 0 Å². The Balaban J connectivity index is 3.99. The standard InChI is InChI=1S/C57H111NO8/c1-6-8-10-12-14-16-18-19-20-21-22-23-24-25-26-27-28-29-30-31-32-33-34-35-36-37-38-40-42-44-46-48-55(60)66-53(52-65-57(56(61)62)63-50-49-58(3,4)5)51-64-54(59)47-45-43-41-39-17-15-13-11-9-7-2/h53,57H,6-52H2,1-5H3. The van der Waals surface area contributed by atoms with Gasteiger partial charge >= 0.3 is 11.9 Å². The summed E-state index contributed by atoms with van der Waals surface area (Å²) in [6, 6.07) is 0. The number of carbonyl (C=O) groups is 3. The number of aliphatic carboxylic acids is 1. The lowest BCUT2D eigenvalue weighted by Crippen LogP contribution is -2.44. The molecule has 0 aromatic heterocycles. The first-order chi connectivity index (χ1) is 32.1. The monoisotopic (exact) mass is 938 g/mol. The van der Waals surface area contributed by atoms with Crippen molar-refractivity contribution in [2.75, 3.05) is 47.5 Å². The molecule has 66 heavy (non-hydrogen) atoms. The topological polar surface area (TPSA) is 111 Å².